The highest BCUT2D eigenvalue weighted by Gasteiger charge is 2.09. The van der Waals surface area contributed by atoms with Crippen molar-refractivity contribution in [1.82, 2.24) is 4.98 Å². The van der Waals surface area contributed by atoms with Crippen molar-refractivity contribution in [1.29, 1.82) is 0 Å². The third kappa shape index (κ3) is 1.86. The molecule has 2 rings (SSSR count). The second-order valence-corrected chi connectivity index (χ2v) is 3.21. The van der Waals surface area contributed by atoms with Gasteiger partial charge in [-0.1, -0.05) is 0 Å². The smallest absolute Gasteiger partial charge is 0.226 e. The number of nitrogens with zero attached hydrogens (tertiary/aromatic N) is 1. The lowest BCUT2D eigenvalue weighted by atomic mass is 10.2. The van der Waals surface area contributed by atoms with E-state index in [1.54, 1.807) is 20.3 Å². The van der Waals surface area contributed by atoms with Gasteiger partial charge in [0.25, 0.3) is 0 Å². The lowest BCUT2D eigenvalue weighted by molar-refractivity contribution is 0.355. The highest BCUT2D eigenvalue weighted by Crippen LogP contribution is 2.31. The molecule has 0 saturated heterocycles. The quantitative estimate of drug-likeness (QED) is 0.794. The minimum atomic E-state index is 0.519. The zero-order chi connectivity index (χ0) is 11.5. The van der Waals surface area contributed by atoms with Crippen molar-refractivity contribution in [3.8, 4) is 23.0 Å². The standard InChI is InChI=1S/C12H12NO3/c1-8-7-16-12(13-8)9-4-5-10(14-2)11(6-9)15-3/h4-7H,1H2,2-3H3. The van der Waals surface area contributed by atoms with E-state index in [4.69, 9.17) is 13.9 Å². The fourth-order valence-electron chi connectivity index (χ4n) is 1.41. The number of hydrogen-bond donors (Lipinski definition) is 0. The van der Waals surface area contributed by atoms with Crippen molar-refractivity contribution in [3.05, 3.63) is 37.1 Å². The number of oxazole rings is 1. The Morgan fingerprint density at radius 3 is 2.50 bits per heavy atom. The molecule has 83 valence electrons. The van der Waals surface area contributed by atoms with E-state index >= 15 is 0 Å². The van der Waals surface area contributed by atoms with Gasteiger partial charge in [0.15, 0.2) is 11.5 Å². The van der Waals surface area contributed by atoms with E-state index in [0.29, 0.717) is 23.1 Å². The molecule has 0 unspecified atom stereocenters. The van der Waals surface area contributed by atoms with Gasteiger partial charge in [-0.15, -0.1) is 0 Å². The van der Waals surface area contributed by atoms with Gasteiger partial charge < -0.3 is 13.9 Å². The first-order valence-electron chi connectivity index (χ1n) is 4.74. The van der Waals surface area contributed by atoms with Crippen LogP contribution in [-0.4, -0.2) is 19.2 Å². The first-order valence-corrected chi connectivity index (χ1v) is 4.74. The maximum atomic E-state index is 5.25. The van der Waals surface area contributed by atoms with E-state index in [1.165, 1.54) is 6.26 Å². The van der Waals surface area contributed by atoms with E-state index in [0.717, 1.165) is 5.56 Å². The molecule has 16 heavy (non-hydrogen) atoms. The first-order chi connectivity index (χ1) is 7.74. The maximum absolute atomic E-state index is 5.25. The summed E-state index contributed by atoms with van der Waals surface area (Å²) in [6, 6.07) is 5.47. The number of hydrogen-bond acceptors (Lipinski definition) is 4. The van der Waals surface area contributed by atoms with Gasteiger partial charge in [-0.05, 0) is 25.1 Å². The van der Waals surface area contributed by atoms with Crippen LogP contribution in [0.5, 0.6) is 11.5 Å². The van der Waals surface area contributed by atoms with Gasteiger partial charge in [0.1, 0.15) is 6.26 Å². The molecule has 1 aromatic carbocycles. The lowest BCUT2D eigenvalue weighted by Gasteiger charge is -2.07. The number of aromatic nitrogens is 1. The average Bonchev–Trinajstić information content (AvgIpc) is 2.75. The van der Waals surface area contributed by atoms with E-state index < -0.39 is 0 Å². The predicted octanol–water partition coefficient (Wildman–Crippen LogP) is 2.54. The van der Waals surface area contributed by atoms with Crippen LogP contribution in [0.3, 0.4) is 0 Å². The van der Waals surface area contributed by atoms with Gasteiger partial charge in [0, 0.05) is 5.56 Å². The molecule has 0 aliphatic heterocycles. The Balaban J connectivity index is 2.43. The van der Waals surface area contributed by atoms with Crippen LogP contribution in [0.2, 0.25) is 0 Å². The van der Waals surface area contributed by atoms with Crippen molar-refractivity contribution in [2.75, 3.05) is 14.2 Å². The minimum Gasteiger partial charge on any atom is -0.493 e. The third-order valence-electron chi connectivity index (χ3n) is 2.18. The first kappa shape index (κ1) is 10.5. The maximum Gasteiger partial charge on any atom is 0.226 e. The Labute approximate surface area is 93.8 Å². The van der Waals surface area contributed by atoms with E-state index in [9.17, 15) is 0 Å². The molecule has 4 heteroatoms. The molecule has 0 atom stereocenters. The van der Waals surface area contributed by atoms with Crippen molar-refractivity contribution in [2.24, 2.45) is 0 Å². The normalized spacial score (nSPS) is 10.2. The Hall–Kier alpha value is -1.97. The monoisotopic (exact) mass is 218 g/mol. The molecule has 1 radical (unpaired) electrons. The van der Waals surface area contributed by atoms with Crippen LogP contribution in [0, 0.1) is 6.92 Å². The van der Waals surface area contributed by atoms with Crippen LogP contribution < -0.4 is 9.47 Å². The highest BCUT2D eigenvalue weighted by atomic mass is 16.5. The molecule has 1 aromatic heterocycles. The van der Waals surface area contributed by atoms with Crippen LogP contribution >= 0.6 is 0 Å². The summed E-state index contributed by atoms with van der Waals surface area (Å²) in [5.74, 6) is 1.84. The van der Waals surface area contributed by atoms with Crippen LogP contribution in [0.25, 0.3) is 11.5 Å². The largest absolute Gasteiger partial charge is 0.493 e. The van der Waals surface area contributed by atoms with E-state index in [1.807, 2.05) is 12.1 Å². The molecule has 0 bridgehead atoms. The molecule has 0 aliphatic carbocycles. The number of ether oxygens (including phenoxy) is 2. The lowest BCUT2D eigenvalue weighted by Crippen LogP contribution is -1.90. The molecular weight excluding hydrogens is 206 g/mol. The van der Waals surface area contributed by atoms with Gasteiger partial charge in [-0.25, -0.2) is 4.98 Å². The topological polar surface area (TPSA) is 44.5 Å². The Bertz CT molecular complexity index is 491. The van der Waals surface area contributed by atoms with Gasteiger partial charge >= 0.3 is 0 Å². The number of benzene rings is 1. The average molecular weight is 218 g/mol. The second-order valence-electron chi connectivity index (χ2n) is 3.21. The summed E-state index contributed by atoms with van der Waals surface area (Å²) in [5.41, 5.74) is 1.43. The number of methoxy groups -OCH3 is 2. The summed E-state index contributed by atoms with van der Waals surface area (Å²) in [4.78, 5) is 4.14. The molecule has 0 N–H and O–H groups in total. The summed E-state index contributed by atoms with van der Waals surface area (Å²) < 4.78 is 15.6. The molecule has 2 aromatic rings. The van der Waals surface area contributed by atoms with Gasteiger partial charge in [-0.3, -0.25) is 0 Å². The summed E-state index contributed by atoms with van der Waals surface area (Å²) in [5, 5.41) is 0. The van der Waals surface area contributed by atoms with Gasteiger partial charge in [-0.2, -0.15) is 0 Å². The molecule has 1 heterocycles. The van der Waals surface area contributed by atoms with Crippen molar-refractivity contribution in [2.45, 2.75) is 0 Å². The van der Waals surface area contributed by atoms with E-state index in [-0.39, 0.29) is 0 Å². The van der Waals surface area contributed by atoms with Crippen LogP contribution in [-0.2, 0) is 0 Å². The molecule has 0 aliphatic rings. The Kier molecular flexibility index (Phi) is 2.81. The molecule has 0 spiro atoms. The zero-order valence-electron chi connectivity index (χ0n) is 9.19. The molecule has 0 saturated carbocycles. The van der Waals surface area contributed by atoms with Gasteiger partial charge in [0.05, 0.1) is 19.9 Å². The summed E-state index contributed by atoms with van der Waals surface area (Å²) in [7, 11) is 3.18. The predicted molar refractivity (Wildman–Crippen MR) is 59.5 cm³/mol. The van der Waals surface area contributed by atoms with Crippen molar-refractivity contribution >= 4 is 0 Å². The summed E-state index contributed by atoms with van der Waals surface area (Å²) in [6.45, 7) is 3.68. The minimum absolute atomic E-state index is 0.519. The molecular formula is C12H12NO3. The van der Waals surface area contributed by atoms with Crippen LogP contribution in [0.1, 0.15) is 5.69 Å². The fourth-order valence-corrected chi connectivity index (χ4v) is 1.41. The fraction of sp³-hybridized carbons (Fsp3) is 0.167. The van der Waals surface area contributed by atoms with Crippen molar-refractivity contribution < 1.29 is 13.9 Å². The van der Waals surface area contributed by atoms with Crippen LogP contribution in [0.15, 0.2) is 28.9 Å². The SMILES string of the molecule is [CH2]c1coc(-c2ccc(OC)c(OC)c2)n1. The summed E-state index contributed by atoms with van der Waals surface area (Å²) >= 11 is 0. The Morgan fingerprint density at radius 1 is 1.19 bits per heavy atom. The molecule has 0 fully saturated rings. The van der Waals surface area contributed by atoms with Crippen LogP contribution in [0.4, 0.5) is 0 Å². The molecule has 0 amide bonds. The van der Waals surface area contributed by atoms with Crippen molar-refractivity contribution in [3.63, 3.8) is 0 Å². The Morgan fingerprint density at radius 2 is 1.94 bits per heavy atom. The van der Waals surface area contributed by atoms with E-state index in [2.05, 4.69) is 11.9 Å². The highest BCUT2D eigenvalue weighted by molar-refractivity contribution is 5.60. The molecule has 4 nitrogen and oxygen atoms in total. The van der Waals surface area contributed by atoms with Gasteiger partial charge in [0.2, 0.25) is 5.89 Å². The second kappa shape index (κ2) is 4.26. The zero-order valence-corrected chi connectivity index (χ0v) is 9.19. The third-order valence-corrected chi connectivity index (χ3v) is 2.18. The summed E-state index contributed by atoms with van der Waals surface area (Å²) in [6.07, 6.45) is 1.51. The number of rotatable bonds is 3.